The first-order chi connectivity index (χ1) is 17.3. The van der Waals surface area contributed by atoms with Crippen molar-refractivity contribution >= 4 is 29.5 Å². The number of esters is 1. The summed E-state index contributed by atoms with van der Waals surface area (Å²) in [4.78, 5) is 47.2. The number of hydrogen-bond acceptors (Lipinski definition) is 8. The lowest BCUT2D eigenvalue weighted by Crippen LogP contribution is -2.59. The molecule has 4 heterocycles. The highest BCUT2D eigenvalue weighted by Gasteiger charge is 2.74. The molecule has 0 radical (unpaired) electrons. The second-order valence-electron chi connectivity index (χ2n) is 10.6. The number of morpholine rings is 1. The van der Waals surface area contributed by atoms with Crippen LogP contribution >= 0.6 is 11.8 Å². The van der Waals surface area contributed by atoms with Crippen molar-refractivity contribution in [2.75, 3.05) is 59.2 Å². The van der Waals surface area contributed by atoms with E-state index in [9.17, 15) is 19.5 Å². The molecule has 4 aliphatic heterocycles. The number of ether oxygens (including phenoxy) is 2. The fourth-order valence-electron chi connectivity index (χ4n) is 6.56. The van der Waals surface area contributed by atoms with Gasteiger partial charge in [-0.25, -0.2) is 0 Å². The van der Waals surface area contributed by atoms with Crippen LogP contribution in [-0.4, -0.2) is 119 Å². The molecule has 4 rings (SSSR count). The summed E-state index contributed by atoms with van der Waals surface area (Å²) in [6, 6.07) is -1.23. The predicted octanol–water partition coefficient (Wildman–Crippen LogP) is 1.00. The van der Waals surface area contributed by atoms with E-state index in [1.54, 1.807) is 34.6 Å². The first-order valence-electron chi connectivity index (χ1n) is 13.3. The summed E-state index contributed by atoms with van der Waals surface area (Å²) in [7, 11) is 0. The normalized spacial score (nSPS) is 32.6. The molecule has 36 heavy (non-hydrogen) atoms. The molecule has 0 aromatic rings. The second kappa shape index (κ2) is 11.4. The Bertz CT molecular complexity index is 850. The van der Waals surface area contributed by atoms with Gasteiger partial charge in [0.2, 0.25) is 11.8 Å². The van der Waals surface area contributed by atoms with Crippen LogP contribution in [0.1, 0.15) is 33.6 Å². The zero-order valence-electron chi connectivity index (χ0n) is 21.8. The van der Waals surface area contributed by atoms with E-state index in [0.29, 0.717) is 32.7 Å². The average molecular weight is 524 g/mol. The molecule has 0 aromatic carbocycles. The maximum Gasteiger partial charge on any atom is 0.310 e. The molecule has 1 N–H and O–H groups in total. The lowest BCUT2D eigenvalue weighted by Gasteiger charge is -2.41. The van der Waals surface area contributed by atoms with Gasteiger partial charge >= 0.3 is 5.97 Å². The number of amides is 2. The van der Waals surface area contributed by atoms with Crippen molar-refractivity contribution in [3.63, 3.8) is 0 Å². The largest absolute Gasteiger partial charge is 0.466 e. The van der Waals surface area contributed by atoms with E-state index in [4.69, 9.17) is 9.47 Å². The number of hydrogen-bond donors (Lipinski definition) is 1. The van der Waals surface area contributed by atoms with Gasteiger partial charge in [0.25, 0.3) is 0 Å². The Kier molecular flexibility index (Phi) is 8.69. The molecule has 2 unspecified atom stereocenters. The zero-order valence-corrected chi connectivity index (χ0v) is 22.6. The number of carbonyl (C=O) groups is 3. The van der Waals surface area contributed by atoms with Crippen molar-refractivity contribution in [1.29, 1.82) is 0 Å². The molecule has 202 valence electrons. The van der Waals surface area contributed by atoms with Crippen LogP contribution in [-0.2, 0) is 23.9 Å². The monoisotopic (exact) mass is 523 g/mol. The van der Waals surface area contributed by atoms with Crippen molar-refractivity contribution in [3.8, 4) is 0 Å². The maximum atomic E-state index is 14.4. The summed E-state index contributed by atoms with van der Waals surface area (Å²) in [5.74, 6) is -1.86. The van der Waals surface area contributed by atoms with E-state index >= 15 is 0 Å². The Labute approximate surface area is 218 Å². The summed E-state index contributed by atoms with van der Waals surface area (Å²) in [5, 5.41) is 10.3. The minimum absolute atomic E-state index is 0.0247. The maximum absolute atomic E-state index is 14.4. The van der Waals surface area contributed by atoms with E-state index < -0.39 is 28.7 Å². The van der Waals surface area contributed by atoms with Crippen molar-refractivity contribution in [2.24, 2.45) is 17.8 Å². The van der Waals surface area contributed by atoms with Gasteiger partial charge in [0.05, 0.1) is 49.1 Å². The molecule has 0 aromatic heterocycles. The third-order valence-electron chi connectivity index (χ3n) is 8.30. The Morgan fingerprint density at radius 2 is 2.08 bits per heavy atom. The smallest absolute Gasteiger partial charge is 0.310 e. The highest BCUT2D eigenvalue weighted by atomic mass is 32.2. The Morgan fingerprint density at radius 3 is 2.69 bits per heavy atom. The number of aliphatic hydroxyl groups is 1. The highest BCUT2D eigenvalue weighted by Crippen LogP contribution is 2.67. The van der Waals surface area contributed by atoms with E-state index in [0.717, 1.165) is 26.1 Å². The van der Waals surface area contributed by atoms with E-state index in [1.165, 1.54) is 0 Å². The number of thioether (sulfide) groups is 1. The van der Waals surface area contributed by atoms with Gasteiger partial charge in [-0.2, -0.15) is 0 Å². The van der Waals surface area contributed by atoms with Crippen LogP contribution in [0, 0.1) is 17.8 Å². The molecule has 4 fully saturated rings. The number of aliphatic hydroxyl groups excluding tert-OH is 1. The van der Waals surface area contributed by atoms with Gasteiger partial charge in [0, 0.05) is 38.0 Å². The van der Waals surface area contributed by atoms with E-state index in [-0.39, 0.29) is 42.2 Å². The summed E-state index contributed by atoms with van der Waals surface area (Å²) in [6.07, 6.45) is 3.19. The minimum Gasteiger partial charge on any atom is -0.466 e. The van der Waals surface area contributed by atoms with Gasteiger partial charge in [-0.05, 0) is 25.7 Å². The fourth-order valence-corrected chi connectivity index (χ4v) is 8.75. The summed E-state index contributed by atoms with van der Waals surface area (Å²) >= 11 is 1.63. The lowest BCUT2D eigenvalue weighted by atomic mass is 9.71. The molecular weight excluding hydrogens is 482 g/mol. The molecule has 9 nitrogen and oxygen atoms in total. The van der Waals surface area contributed by atoms with Gasteiger partial charge in [-0.1, -0.05) is 19.9 Å². The highest BCUT2D eigenvalue weighted by molar-refractivity contribution is 8.02. The van der Waals surface area contributed by atoms with Gasteiger partial charge in [0.15, 0.2) is 0 Å². The van der Waals surface area contributed by atoms with Crippen LogP contribution in [0.5, 0.6) is 0 Å². The van der Waals surface area contributed by atoms with Crippen LogP contribution in [0.15, 0.2) is 12.7 Å². The molecule has 4 aliphatic rings. The third-order valence-corrected chi connectivity index (χ3v) is 10.2. The molecular formula is C26H41N3O6S. The summed E-state index contributed by atoms with van der Waals surface area (Å²) in [5.41, 5.74) is 0. The summed E-state index contributed by atoms with van der Waals surface area (Å²) in [6.45, 7) is 14.2. The van der Waals surface area contributed by atoms with Crippen molar-refractivity contribution < 1.29 is 29.0 Å². The van der Waals surface area contributed by atoms with Gasteiger partial charge < -0.3 is 24.4 Å². The molecule has 0 aliphatic carbocycles. The number of nitrogens with zero attached hydrogens (tertiary/aromatic N) is 3. The molecule has 10 heteroatoms. The van der Waals surface area contributed by atoms with Gasteiger partial charge in [-0.3, -0.25) is 19.3 Å². The Hall–Kier alpha value is -1.62. The average Bonchev–Trinajstić information content (AvgIpc) is 3.50. The minimum atomic E-state index is -0.728. The van der Waals surface area contributed by atoms with Crippen molar-refractivity contribution in [2.45, 2.75) is 55.7 Å². The third kappa shape index (κ3) is 4.70. The number of fused-ring (bicyclic) bond motifs is 1. The SMILES string of the molecule is C=CCN(CCN1CCOCC1)C(=O)C1N([C@@H](CO)C(C)C)C(=O)[C@@H]2[C@H](C(=O)OCC)[C@@H]3CCC12S3. The van der Waals surface area contributed by atoms with Crippen LogP contribution in [0.3, 0.4) is 0 Å². The molecule has 2 amide bonds. The lowest BCUT2D eigenvalue weighted by molar-refractivity contribution is -0.154. The molecule has 2 bridgehead atoms. The molecule has 6 atom stereocenters. The summed E-state index contributed by atoms with van der Waals surface area (Å²) < 4.78 is 10.2. The topological polar surface area (TPSA) is 99.6 Å². The van der Waals surface area contributed by atoms with Crippen LogP contribution in [0.2, 0.25) is 0 Å². The number of likely N-dealkylation sites (tertiary alicyclic amines) is 1. The van der Waals surface area contributed by atoms with Crippen LogP contribution in [0.4, 0.5) is 0 Å². The fraction of sp³-hybridized carbons (Fsp3) is 0.808. The second-order valence-corrected chi connectivity index (χ2v) is 12.2. The van der Waals surface area contributed by atoms with Crippen LogP contribution < -0.4 is 0 Å². The quantitative estimate of drug-likeness (QED) is 0.316. The molecule has 0 saturated carbocycles. The molecule has 1 spiro atoms. The van der Waals surface area contributed by atoms with E-state index in [2.05, 4.69) is 11.5 Å². The Morgan fingerprint density at radius 1 is 1.36 bits per heavy atom. The van der Waals surface area contributed by atoms with Crippen molar-refractivity contribution in [1.82, 2.24) is 14.7 Å². The molecule has 4 saturated heterocycles. The van der Waals surface area contributed by atoms with Crippen molar-refractivity contribution in [3.05, 3.63) is 12.7 Å². The zero-order chi connectivity index (χ0) is 26.0. The van der Waals surface area contributed by atoms with Gasteiger partial charge in [0.1, 0.15) is 6.04 Å². The first kappa shape index (κ1) is 27.4. The van der Waals surface area contributed by atoms with Crippen LogP contribution in [0.25, 0.3) is 0 Å². The van der Waals surface area contributed by atoms with E-state index in [1.807, 2.05) is 13.8 Å². The standard InChI is InChI=1S/C26H41N3O6S/c1-5-9-28(11-10-27-12-14-34-15-13-27)24(32)22-26-8-7-19(36-26)20(25(33)35-6-2)21(26)23(31)29(22)18(16-30)17(3)4/h5,17-22,30H,1,6-16H2,2-4H3/t18-,19-,20+,21-,22?,26?/m0/s1. The number of carbonyl (C=O) groups excluding carboxylic acids is 3. The van der Waals surface area contributed by atoms with Gasteiger partial charge in [-0.15, -0.1) is 18.3 Å². The Balaban J connectivity index is 1.68. The number of rotatable bonds is 11. The first-order valence-corrected chi connectivity index (χ1v) is 14.2. The predicted molar refractivity (Wildman–Crippen MR) is 137 cm³/mol.